The molecule has 1 heterocycles. The van der Waals surface area contributed by atoms with Gasteiger partial charge in [0, 0.05) is 34.2 Å². The SMILES string of the molecule is N[C@@H](CC(=O)O)c1cnc(Nc2ccc(Br)cc2)nc1. The summed E-state index contributed by atoms with van der Waals surface area (Å²) in [5.74, 6) is -0.520. The van der Waals surface area contributed by atoms with Gasteiger partial charge in [-0.2, -0.15) is 0 Å². The fraction of sp³-hybridized carbons (Fsp3) is 0.154. The fourth-order valence-corrected chi connectivity index (χ4v) is 1.83. The van der Waals surface area contributed by atoms with Gasteiger partial charge in [0.1, 0.15) is 0 Å². The van der Waals surface area contributed by atoms with Gasteiger partial charge in [-0.05, 0) is 24.3 Å². The van der Waals surface area contributed by atoms with E-state index in [0.29, 0.717) is 11.5 Å². The van der Waals surface area contributed by atoms with Crippen LogP contribution in [0.4, 0.5) is 11.6 Å². The highest BCUT2D eigenvalue weighted by atomic mass is 79.9. The van der Waals surface area contributed by atoms with Crippen LogP contribution in [0, 0.1) is 0 Å². The Labute approximate surface area is 124 Å². The van der Waals surface area contributed by atoms with Gasteiger partial charge in [0.15, 0.2) is 0 Å². The van der Waals surface area contributed by atoms with E-state index in [1.54, 1.807) is 0 Å². The molecule has 0 bridgehead atoms. The number of aliphatic carboxylic acids is 1. The van der Waals surface area contributed by atoms with Crippen LogP contribution in [-0.4, -0.2) is 21.0 Å². The maximum Gasteiger partial charge on any atom is 0.305 e. The lowest BCUT2D eigenvalue weighted by atomic mass is 10.1. The number of rotatable bonds is 5. The van der Waals surface area contributed by atoms with Crippen molar-refractivity contribution in [3.8, 4) is 0 Å². The molecule has 0 amide bonds. The van der Waals surface area contributed by atoms with Gasteiger partial charge in [-0.3, -0.25) is 4.79 Å². The number of hydrogen-bond acceptors (Lipinski definition) is 5. The van der Waals surface area contributed by atoms with Crippen molar-refractivity contribution in [3.63, 3.8) is 0 Å². The van der Waals surface area contributed by atoms with Crippen LogP contribution in [0.2, 0.25) is 0 Å². The molecule has 104 valence electrons. The lowest BCUT2D eigenvalue weighted by Gasteiger charge is -2.09. The molecule has 1 atom stereocenters. The highest BCUT2D eigenvalue weighted by Gasteiger charge is 2.11. The Bertz CT molecular complexity index is 586. The number of carbonyl (C=O) groups is 1. The van der Waals surface area contributed by atoms with Gasteiger partial charge in [0.05, 0.1) is 6.42 Å². The smallest absolute Gasteiger partial charge is 0.305 e. The molecule has 2 rings (SSSR count). The molecular formula is C13H13BrN4O2. The molecule has 0 aliphatic rings. The van der Waals surface area contributed by atoms with Crippen molar-refractivity contribution in [2.24, 2.45) is 5.73 Å². The van der Waals surface area contributed by atoms with Crippen LogP contribution in [-0.2, 0) is 4.79 Å². The van der Waals surface area contributed by atoms with Crippen LogP contribution in [0.1, 0.15) is 18.0 Å². The molecular weight excluding hydrogens is 324 g/mol. The second kappa shape index (κ2) is 6.44. The van der Waals surface area contributed by atoms with E-state index in [1.807, 2.05) is 24.3 Å². The zero-order chi connectivity index (χ0) is 14.5. The molecule has 0 aliphatic heterocycles. The van der Waals surface area contributed by atoms with Crippen molar-refractivity contribution < 1.29 is 9.90 Å². The van der Waals surface area contributed by atoms with Crippen molar-refractivity contribution in [2.75, 3.05) is 5.32 Å². The van der Waals surface area contributed by atoms with E-state index in [2.05, 4.69) is 31.2 Å². The van der Waals surface area contributed by atoms with E-state index in [9.17, 15) is 4.79 Å². The van der Waals surface area contributed by atoms with Gasteiger partial charge in [-0.25, -0.2) is 9.97 Å². The number of halogens is 1. The normalized spacial score (nSPS) is 11.9. The number of carboxylic acids is 1. The number of nitrogens with one attached hydrogen (secondary N) is 1. The summed E-state index contributed by atoms with van der Waals surface area (Å²) in [6.45, 7) is 0. The van der Waals surface area contributed by atoms with Crippen molar-refractivity contribution in [1.29, 1.82) is 0 Å². The lowest BCUT2D eigenvalue weighted by Crippen LogP contribution is -2.15. The minimum Gasteiger partial charge on any atom is -0.481 e. The predicted octanol–water partition coefficient (Wildman–Crippen LogP) is 2.46. The van der Waals surface area contributed by atoms with E-state index in [4.69, 9.17) is 10.8 Å². The number of anilines is 2. The van der Waals surface area contributed by atoms with E-state index in [-0.39, 0.29) is 6.42 Å². The number of hydrogen-bond donors (Lipinski definition) is 3. The standard InChI is InChI=1S/C13H13BrN4O2/c14-9-1-3-10(4-2-9)18-13-16-6-8(7-17-13)11(15)5-12(19)20/h1-4,6-7,11H,5,15H2,(H,19,20)(H,16,17,18)/t11-/m0/s1. The van der Waals surface area contributed by atoms with Crippen molar-refractivity contribution in [3.05, 3.63) is 46.7 Å². The van der Waals surface area contributed by atoms with Gasteiger partial charge < -0.3 is 16.2 Å². The third kappa shape index (κ3) is 4.01. The Morgan fingerprint density at radius 1 is 1.30 bits per heavy atom. The molecule has 4 N–H and O–H groups in total. The van der Waals surface area contributed by atoms with Crippen LogP contribution in [0.3, 0.4) is 0 Å². The maximum absolute atomic E-state index is 10.6. The Kier molecular flexibility index (Phi) is 4.65. The third-order valence-corrected chi connectivity index (χ3v) is 3.12. The van der Waals surface area contributed by atoms with Crippen molar-refractivity contribution >= 4 is 33.5 Å². The summed E-state index contributed by atoms with van der Waals surface area (Å²) < 4.78 is 0.985. The Balaban J connectivity index is 2.04. The summed E-state index contributed by atoms with van der Waals surface area (Å²) in [4.78, 5) is 18.8. The predicted molar refractivity (Wildman–Crippen MR) is 78.6 cm³/mol. The quantitative estimate of drug-likeness (QED) is 0.775. The zero-order valence-corrected chi connectivity index (χ0v) is 12.0. The lowest BCUT2D eigenvalue weighted by molar-refractivity contribution is -0.137. The molecule has 20 heavy (non-hydrogen) atoms. The molecule has 0 saturated heterocycles. The van der Waals surface area contributed by atoms with Crippen LogP contribution >= 0.6 is 15.9 Å². The zero-order valence-electron chi connectivity index (χ0n) is 10.5. The average molecular weight is 337 g/mol. The van der Waals surface area contributed by atoms with E-state index < -0.39 is 12.0 Å². The molecule has 6 nitrogen and oxygen atoms in total. The third-order valence-electron chi connectivity index (χ3n) is 2.59. The topological polar surface area (TPSA) is 101 Å². The first kappa shape index (κ1) is 14.4. The Morgan fingerprint density at radius 3 is 2.45 bits per heavy atom. The van der Waals surface area contributed by atoms with Gasteiger partial charge in [-0.1, -0.05) is 15.9 Å². The largest absolute Gasteiger partial charge is 0.481 e. The molecule has 1 aromatic carbocycles. The van der Waals surface area contributed by atoms with Crippen LogP contribution in [0.25, 0.3) is 0 Å². The second-order valence-electron chi connectivity index (χ2n) is 4.18. The van der Waals surface area contributed by atoms with Crippen LogP contribution in [0.15, 0.2) is 41.1 Å². The highest BCUT2D eigenvalue weighted by molar-refractivity contribution is 9.10. The average Bonchev–Trinajstić information content (AvgIpc) is 2.41. The summed E-state index contributed by atoms with van der Waals surface area (Å²) in [6, 6.07) is 6.97. The molecule has 0 radical (unpaired) electrons. The first-order valence-electron chi connectivity index (χ1n) is 5.86. The number of carboxylic acid groups (broad SMARTS) is 1. The maximum atomic E-state index is 10.6. The van der Waals surface area contributed by atoms with Crippen LogP contribution < -0.4 is 11.1 Å². The minimum absolute atomic E-state index is 0.150. The van der Waals surface area contributed by atoms with Gasteiger partial charge in [0.25, 0.3) is 0 Å². The number of nitrogens with zero attached hydrogens (tertiary/aromatic N) is 2. The van der Waals surface area contributed by atoms with Crippen molar-refractivity contribution in [1.82, 2.24) is 9.97 Å². The molecule has 0 aliphatic carbocycles. The first-order valence-corrected chi connectivity index (χ1v) is 6.66. The van der Waals surface area contributed by atoms with E-state index in [1.165, 1.54) is 12.4 Å². The number of benzene rings is 1. The summed E-state index contributed by atoms with van der Waals surface area (Å²) >= 11 is 3.36. The summed E-state index contributed by atoms with van der Waals surface area (Å²) in [7, 11) is 0. The van der Waals surface area contributed by atoms with Crippen LogP contribution in [0.5, 0.6) is 0 Å². The first-order chi connectivity index (χ1) is 9.54. The van der Waals surface area contributed by atoms with Crippen molar-refractivity contribution in [2.45, 2.75) is 12.5 Å². The Hall–Kier alpha value is -1.99. The van der Waals surface area contributed by atoms with E-state index in [0.717, 1.165) is 10.2 Å². The van der Waals surface area contributed by atoms with Gasteiger partial charge >= 0.3 is 5.97 Å². The highest BCUT2D eigenvalue weighted by Crippen LogP contribution is 2.18. The monoisotopic (exact) mass is 336 g/mol. The molecule has 2 aromatic rings. The molecule has 0 spiro atoms. The number of aromatic nitrogens is 2. The summed E-state index contributed by atoms with van der Waals surface area (Å²) in [6.07, 6.45) is 2.91. The molecule has 7 heteroatoms. The fourth-order valence-electron chi connectivity index (χ4n) is 1.56. The summed E-state index contributed by atoms with van der Waals surface area (Å²) in [5.41, 5.74) is 7.18. The molecule has 0 saturated carbocycles. The van der Waals surface area contributed by atoms with Gasteiger partial charge in [0.2, 0.25) is 5.95 Å². The molecule has 0 fully saturated rings. The molecule has 1 aromatic heterocycles. The van der Waals surface area contributed by atoms with Gasteiger partial charge in [-0.15, -0.1) is 0 Å². The van der Waals surface area contributed by atoms with E-state index >= 15 is 0 Å². The second-order valence-corrected chi connectivity index (χ2v) is 5.09. The molecule has 0 unspecified atom stereocenters. The Morgan fingerprint density at radius 2 is 1.90 bits per heavy atom. The summed E-state index contributed by atoms with van der Waals surface area (Å²) in [5, 5.41) is 11.7. The number of nitrogens with two attached hydrogens (primary N) is 1. The minimum atomic E-state index is -0.949.